The fourth-order valence-corrected chi connectivity index (χ4v) is 2.79. The molecule has 110 valence electrons. The normalized spacial score (nSPS) is 17.8. The Bertz CT molecular complexity index is 488. The van der Waals surface area contributed by atoms with Crippen molar-refractivity contribution in [3.05, 3.63) is 29.3 Å². The highest BCUT2D eigenvalue weighted by Crippen LogP contribution is 2.36. The summed E-state index contributed by atoms with van der Waals surface area (Å²) in [6.45, 7) is 0. The first kappa shape index (κ1) is 14.9. The van der Waals surface area contributed by atoms with E-state index in [2.05, 4.69) is 0 Å². The van der Waals surface area contributed by atoms with Crippen LogP contribution in [0.25, 0.3) is 0 Å². The summed E-state index contributed by atoms with van der Waals surface area (Å²) in [5, 5.41) is 0. The van der Waals surface area contributed by atoms with E-state index in [0.717, 1.165) is 44.6 Å². The number of hydrogen-bond donors (Lipinski definition) is 1. The Morgan fingerprint density at radius 2 is 1.70 bits per heavy atom. The van der Waals surface area contributed by atoms with Crippen molar-refractivity contribution in [2.24, 2.45) is 5.92 Å². The van der Waals surface area contributed by atoms with Crippen molar-refractivity contribution in [3.63, 3.8) is 0 Å². The second-order valence-corrected chi connectivity index (χ2v) is 5.32. The second kappa shape index (κ2) is 5.85. The van der Waals surface area contributed by atoms with E-state index in [9.17, 15) is 18.0 Å². The molecule has 2 rings (SSSR count). The number of para-hydroxylation sites is 1. The monoisotopic (exact) mass is 285 g/mol. The SMILES string of the molecule is Nc1c(C(=O)C2CCCCCC2)cccc1C(F)(F)F. The number of benzene rings is 1. The van der Waals surface area contributed by atoms with Gasteiger partial charge in [0.2, 0.25) is 0 Å². The molecule has 0 unspecified atom stereocenters. The van der Waals surface area contributed by atoms with E-state index in [4.69, 9.17) is 5.73 Å². The van der Waals surface area contributed by atoms with Gasteiger partial charge in [0.15, 0.2) is 5.78 Å². The number of rotatable bonds is 2. The van der Waals surface area contributed by atoms with E-state index in [1.54, 1.807) is 0 Å². The number of carbonyl (C=O) groups excluding carboxylic acids is 1. The van der Waals surface area contributed by atoms with Crippen molar-refractivity contribution in [2.75, 3.05) is 5.73 Å². The van der Waals surface area contributed by atoms with E-state index in [0.29, 0.717) is 0 Å². The van der Waals surface area contributed by atoms with Gasteiger partial charge in [-0.1, -0.05) is 31.7 Å². The molecule has 1 aromatic rings. The molecular formula is C15H18F3NO. The molecule has 1 aromatic carbocycles. The Morgan fingerprint density at radius 3 is 2.25 bits per heavy atom. The third-order valence-electron chi connectivity index (χ3n) is 3.90. The van der Waals surface area contributed by atoms with Crippen LogP contribution in [0.1, 0.15) is 54.4 Å². The van der Waals surface area contributed by atoms with Crippen molar-refractivity contribution in [1.82, 2.24) is 0 Å². The number of ketones is 1. The summed E-state index contributed by atoms with van der Waals surface area (Å²) in [5.74, 6) is -0.432. The molecule has 1 fully saturated rings. The Morgan fingerprint density at radius 1 is 1.10 bits per heavy atom. The Hall–Kier alpha value is -1.52. The van der Waals surface area contributed by atoms with E-state index >= 15 is 0 Å². The zero-order valence-electron chi connectivity index (χ0n) is 11.2. The summed E-state index contributed by atoms with van der Waals surface area (Å²) >= 11 is 0. The largest absolute Gasteiger partial charge is 0.418 e. The molecule has 0 aromatic heterocycles. The Labute approximate surface area is 116 Å². The fourth-order valence-electron chi connectivity index (χ4n) is 2.79. The highest BCUT2D eigenvalue weighted by Gasteiger charge is 2.35. The number of alkyl halides is 3. The van der Waals surface area contributed by atoms with Gasteiger partial charge in [-0.3, -0.25) is 4.79 Å². The van der Waals surface area contributed by atoms with Gasteiger partial charge in [-0.2, -0.15) is 13.2 Å². The van der Waals surface area contributed by atoms with Gasteiger partial charge in [-0.15, -0.1) is 0 Å². The molecule has 5 heteroatoms. The van der Waals surface area contributed by atoms with Gasteiger partial charge in [0, 0.05) is 11.5 Å². The topological polar surface area (TPSA) is 43.1 Å². The van der Waals surface area contributed by atoms with Gasteiger partial charge >= 0.3 is 6.18 Å². The molecule has 0 atom stereocenters. The van der Waals surface area contributed by atoms with Crippen LogP contribution in [0.5, 0.6) is 0 Å². The van der Waals surface area contributed by atoms with Gasteiger partial charge in [-0.25, -0.2) is 0 Å². The molecule has 0 aliphatic heterocycles. The summed E-state index contributed by atoms with van der Waals surface area (Å²) in [6.07, 6.45) is 1.04. The molecular weight excluding hydrogens is 267 g/mol. The van der Waals surface area contributed by atoms with Crippen molar-refractivity contribution in [1.29, 1.82) is 0 Å². The second-order valence-electron chi connectivity index (χ2n) is 5.32. The number of Topliss-reactive ketones (excluding diaryl/α,β-unsaturated/α-hetero) is 1. The van der Waals surface area contributed by atoms with Crippen LogP contribution in [-0.2, 0) is 6.18 Å². The summed E-state index contributed by atoms with van der Waals surface area (Å²) < 4.78 is 38.4. The highest BCUT2D eigenvalue weighted by molar-refractivity contribution is 6.02. The Balaban J connectivity index is 2.30. The number of nitrogens with two attached hydrogens (primary N) is 1. The minimum Gasteiger partial charge on any atom is -0.398 e. The third-order valence-corrected chi connectivity index (χ3v) is 3.90. The van der Waals surface area contributed by atoms with Gasteiger partial charge in [0.25, 0.3) is 0 Å². The van der Waals surface area contributed by atoms with Gasteiger partial charge < -0.3 is 5.73 Å². The van der Waals surface area contributed by atoms with Crippen molar-refractivity contribution in [2.45, 2.75) is 44.7 Å². The lowest BCUT2D eigenvalue weighted by molar-refractivity contribution is -0.136. The molecule has 0 radical (unpaired) electrons. The minimum absolute atomic E-state index is 0.0201. The lowest BCUT2D eigenvalue weighted by Gasteiger charge is -2.17. The van der Waals surface area contributed by atoms with E-state index in [-0.39, 0.29) is 17.3 Å². The maximum absolute atomic E-state index is 12.8. The van der Waals surface area contributed by atoms with E-state index in [1.165, 1.54) is 12.1 Å². The minimum atomic E-state index is -4.52. The first-order valence-corrected chi connectivity index (χ1v) is 6.91. The van der Waals surface area contributed by atoms with Crippen LogP contribution in [0.15, 0.2) is 18.2 Å². The number of nitrogen functional groups attached to an aromatic ring is 1. The third kappa shape index (κ3) is 3.14. The van der Waals surface area contributed by atoms with E-state index < -0.39 is 17.4 Å². The molecule has 2 N–H and O–H groups in total. The molecule has 1 aliphatic carbocycles. The van der Waals surface area contributed by atoms with Crippen molar-refractivity contribution >= 4 is 11.5 Å². The standard InChI is InChI=1S/C15H18F3NO/c16-15(17,18)12-9-5-8-11(13(12)19)14(20)10-6-3-1-2-4-7-10/h5,8-10H,1-4,6-7,19H2. The first-order valence-electron chi connectivity index (χ1n) is 6.91. The number of carbonyl (C=O) groups is 1. The van der Waals surface area contributed by atoms with Crippen molar-refractivity contribution in [3.8, 4) is 0 Å². The average Bonchev–Trinajstić information content (AvgIpc) is 2.65. The quantitative estimate of drug-likeness (QED) is 0.496. The smallest absolute Gasteiger partial charge is 0.398 e. The lowest BCUT2D eigenvalue weighted by Crippen LogP contribution is -2.18. The van der Waals surface area contributed by atoms with Gasteiger partial charge in [0.1, 0.15) is 0 Å². The summed E-state index contributed by atoms with van der Waals surface area (Å²) in [7, 11) is 0. The Kier molecular flexibility index (Phi) is 4.35. The fraction of sp³-hybridized carbons (Fsp3) is 0.533. The summed E-state index contributed by atoms with van der Waals surface area (Å²) in [6, 6.07) is 3.57. The first-order chi connectivity index (χ1) is 9.41. The van der Waals surface area contributed by atoms with Gasteiger partial charge in [0.05, 0.1) is 11.3 Å². The summed E-state index contributed by atoms with van der Waals surface area (Å²) in [4.78, 5) is 12.4. The van der Waals surface area contributed by atoms with Gasteiger partial charge in [-0.05, 0) is 25.0 Å². The van der Waals surface area contributed by atoms with Crippen LogP contribution in [0, 0.1) is 5.92 Å². The van der Waals surface area contributed by atoms with Crippen LogP contribution in [0.3, 0.4) is 0 Å². The maximum Gasteiger partial charge on any atom is 0.418 e. The number of halogens is 3. The maximum atomic E-state index is 12.8. The lowest BCUT2D eigenvalue weighted by atomic mass is 9.89. The molecule has 0 spiro atoms. The molecule has 0 bridgehead atoms. The number of hydrogen-bond acceptors (Lipinski definition) is 2. The molecule has 0 saturated heterocycles. The highest BCUT2D eigenvalue weighted by atomic mass is 19.4. The van der Waals surface area contributed by atoms with Crippen LogP contribution in [0.2, 0.25) is 0 Å². The predicted octanol–water partition coefficient (Wildman–Crippen LogP) is 4.44. The molecule has 1 aliphatic rings. The molecule has 0 amide bonds. The zero-order chi connectivity index (χ0) is 14.8. The van der Waals surface area contributed by atoms with Crippen molar-refractivity contribution < 1.29 is 18.0 Å². The van der Waals surface area contributed by atoms with E-state index in [1.807, 2.05) is 0 Å². The zero-order valence-corrected chi connectivity index (χ0v) is 11.2. The molecule has 20 heavy (non-hydrogen) atoms. The average molecular weight is 285 g/mol. The van der Waals surface area contributed by atoms with Crippen LogP contribution < -0.4 is 5.73 Å². The summed E-state index contributed by atoms with van der Waals surface area (Å²) in [5.41, 5.74) is 4.24. The molecule has 2 nitrogen and oxygen atoms in total. The van der Waals surface area contributed by atoms with Crippen LogP contribution in [-0.4, -0.2) is 5.78 Å². The molecule has 0 heterocycles. The number of anilines is 1. The predicted molar refractivity (Wildman–Crippen MR) is 71.4 cm³/mol. The molecule has 1 saturated carbocycles. The van der Waals surface area contributed by atoms with Crippen LogP contribution in [0.4, 0.5) is 18.9 Å². The van der Waals surface area contributed by atoms with Crippen LogP contribution >= 0.6 is 0 Å².